The first-order valence-electron chi connectivity index (χ1n) is 6.34. The van der Waals surface area contributed by atoms with Gasteiger partial charge in [-0.3, -0.25) is 4.79 Å². The zero-order chi connectivity index (χ0) is 12.0. The van der Waals surface area contributed by atoms with Crippen molar-refractivity contribution in [2.75, 3.05) is 26.2 Å². The first kappa shape index (κ1) is 13.5. The number of likely N-dealkylation sites (tertiary alicyclic amines) is 1. The van der Waals surface area contributed by atoms with Crippen molar-refractivity contribution < 1.29 is 4.79 Å². The number of piperidine rings is 1. The van der Waals surface area contributed by atoms with Crippen molar-refractivity contribution >= 4 is 5.91 Å². The van der Waals surface area contributed by atoms with E-state index in [2.05, 4.69) is 24.1 Å². The summed E-state index contributed by atoms with van der Waals surface area (Å²) in [5.41, 5.74) is 5.33. The molecule has 16 heavy (non-hydrogen) atoms. The molecule has 0 aromatic rings. The van der Waals surface area contributed by atoms with E-state index in [4.69, 9.17) is 5.73 Å². The summed E-state index contributed by atoms with van der Waals surface area (Å²) in [4.78, 5) is 13.8. The Morgan fingerprint density at radius 2 is 2.31 bits per heavy atom. The number of nitrogens with two attached hydrogens (primary N) is 1. The maximum absolute atomic E-state index is 11.3. The molecular weight excluding hydrogens is 202 g/mol. The molecule has 0 spiro atoms. The Morgan fingerprint density at radius 1 is 1.56 bits per heavy atom. The standard InChI is InChI=1S/C12H25N3O/c1-10(2)15-7-3-4-11(9-15)8-14-12(16)5-6-13/h10-11H,3-9,13H2,1-2H3,(H,14,16). The fraction of sp³-hybridized carbons (Fsp3) is 0.917. The van der Waals surface area contributed by atoms with E-state index in [0.717, 1.165) is 13.1 Å². The molecule has 1 aliphatic heterocycles. The zero-order valence-electron chi connectivity index (χ0n) is 10.5. The molecule has 1 atom stereocenters. The molecule has 0 radical (unpaired) electrons. The maximum Gasteiger partial charge on any atom is 0.221 e. The van der Waals surface area contributed by atoms with Crippen LogP contribution in [0.3, 0.4) is 0 Å². The van der Waals surface area contributed by atoms with Crippen LogP contribution >= 0.6 is 0 Å². The molecule has 1 amide bonds. The molecule has 1 unspecified atom stereocenters. The third-order valence-corrected chi connectivity index (χ3v) is 3.24. The van der Waals surface area contributed by atoms with Crippen molar-refractivity contribution in [2.24, 2.45) is 11.7 Å². The van der Waals surface area contributed by atoms with Gasteiger partial charge in [0.25, 0.3) is 0 Å². The summed E-state index contributed by atoms with van der Waals surface area (Å²) in [6.07, 6.45) is 2.92. The molecule has 4 heteroatoms. The minimum absolute atomic E-state index is 0.0872. The number of rotatable bonds is 5. The summed E-state index contributed by atoms with van der Waals surface area (Å²) in [6.45, 7) is 8.02. The third kappa shape index (κ3) is 4.49. The maximum atomic E-state index is 11.3. The highest BCUT2D eigenvalue weighted by atomic mass is 16.1. The number of hydrogen-bond acceptors (Lipinski definition) is 3. The molecule has 1 saturated heterocycles. The third-order valence-electron chi connectivity index (χ3n) is 3.24. The van der Waals surface area contributed by atoms with Gasteiger partial charge in [-0.15, -0.1) is 0 Å². The summed E-state index contributed by atoms with van der Waals surface area (Å²) < 4.78 is 0. The van der Waals surface area contributed by atoms with Crippen molar-refractivity contribution in [1.82, 2.24) is 10.2 Å². The molecule has 0 aliphatic carbocycles. The van der Waals surface area contributed by atoms with Crippen molar-refractivity contribution in [3.05, 3.63) is 0 Å². The van der Waals surface area contributed by atoms with Crippen molar-refractivity contribution in [3.63, 3.8) is 0 Å². The minimum atomic E-state index is 0.0872. The first-order valence-corrected chi connectivity index (χ1v) is 6.34. The van der Waals surface area contributed by atoms with Crippen molar-refractivity contribution in [3.8, 4) is 0 Å². The lowest BCUT2D eigenvalue weighted by Crippen LogP contribution is -2.43. The van der Waals surface area contributed by atoms with E-state index >= 15 is 0 Å². The van der Waals surface area contributed by atoms with Crippen LogP contribution in [0.25, 0.3) is 0 Å². The molecule has 3 N–H and O–H groups in total. The summed E-state index contributed by atoms with van der Waals surface area (Å²) in [5, 5.41) is 2.97. The van der Waals surface area contributed by atoms with Gasteiger partial charge in [-0.2, -0.15) is 0 Å². The van der Waals surface area contributed by atoms with Crippen LogP contribution in [0.4, 0.5) is 0 Å². The molecule has 0 saturated carbocycles. The second-order valence-corrected chi connectivity index (χ2v) is 4.94. The Labute approximate surface area is 98.6 Å². The van der Waals surface area contributed by atoms with Crippen LogP contribution in [0.1, 0.15) is 33.1 Å². The fourth-order valence-corrected chi connectivity index (χ4v) is 2.21. The van der Waals surface area contributed by atoms with Gasteiger partial charge in [-0.25, -0.2) is 0 Å². The van der Waals surface area contributed by atoms with Crippen LogP contribution in [0.2, 0.25) is 0 Å². The Kier molecular flexibility index (Phi) is 5.77. The summed E-state index contributed by atoms with van der Waals surface area (Å²) >= 11 is 0. The number of nitrogens with one attached hydrogen (secondary N) is 1. The van der Waals surface area contributed by atoms with Crippen LogP contribution < -0.4 is 11.1 Å². The Morgan fingerprint density at radius 3 is 2.94 bits per heavy atom. The van der Waals surface area contributed by atoms with Gasteiger partial charge in [-0.1, -0.05) is 0 Å². The predicted octanol–water partition coefficient (Wildman–Crippen LogP) is 0.572. The Balaban J connectivity index is 2.24. The highest BCUT2D eigenvalue weighted by Crippen LogP contribution is 2.17. The minimum Gasteiger partial charge on any atom is -0.356 e. The van der Waals surface area contributed by atoms with Crippen LogP contribution in [0, 0.1) is 5.92 Å². The van der Waals surface area contributed by atoms with Gasteiger partial charge in [0.15, 0.2) is 0 Å². The molecular formula is C12H25N3O. The quantitative estimate of drug-likeness (QED) is 0.722. The normalized spacial score (nSPS) is 22.4. The molecule has 0 bridgehead atoms. The van der Waals surface area contributed by atoms with E-state index in [9.17, 15) is 4.79 Å². The topological polar surface area (TPSA) is 58.4 Å². The molecule has 1 fully saturated rings. The van der Waals surface area contributed by atoms with E-state index in [1.807, 2.05) is 0 Å². The highest BCUT2D eigenvalue weighted by molar-refractivity contribution is 5.75. The van der Waals surface area contributed by atoms with Crippen LogP contribution in [-0.4, -0.2) is 43.0 Å². The number of nitrogens with zero attached hydrogens (tertiary/aromatic N) is 1. The van der Waals surface area contributed by atoms with E-state index in [-0.39, 0.29) is 5.91 Å². The fourth-order valence-electron chi connectivity index (χ4n) is 2.21. The molecule has 1 aliphatic rings. The lowest BCUT2D eigenvalue weighted by atomic mass is 9.97. The molecule has 1 rings (SSSR count). The second-order valence-electron chi connectivity index (χ2n) is 4.94. The lowest BCUT2D eigenvalue weighted by Gasteiger charge is -2.35. The van der Waals surface area contributed by atoms with E-state index in [1.54, 1.807) is 0 Å². The Hall–Kier alpha value is -0.610. The van der Waals surface area contributed by atoms with Gasteiger partial charge in [0, 0.05) is 32.1 Å². The Bertz CT molecular complexity index is 218. The monoisotopic (exact) mass is 227 g/mol. The van der Waals surface area contributed by atoms with Crippen LogP contribution in [-0.2, 0) is 4.79 Å². The SMILES string of the molecule is CC(C)N1CCCC(CNC(=O)CCN)C1. The van der Waals surface area contributed by atoms with Crippen LogP contribution in [0.5, 0.6) is 0 Å². The van der Waals surface area contributed by atoms with Gasteiger partial charge in [0.2, 0.25) is 5.91 Å². The van der Waals surface area contributed by atoms with Crippen molar-refractivity contribution in [2.45, 2.75) is 39.2 Å². The van der Waals surface area contributed by atoms with Gasteiger partial charge >= 0.3 is 0 Å². The average Bonchev–Trinajstić information content (AvgIpc) is 2.27. The second kappa shape index (κ2) is 6.86. The lowest BCUT2D eigenvalue weighted by molar-refractivity contribution is -0.121. The van der Waals surface area contributed by atoms with Gasteiger partial charge < -0.3 is 16.0 Å². The van der Waals surface area contributed by atoms with Gasteiger partial charge in [0.1, 0.15) is 0 Å². The number of carbonyl (C=O) groups is 1. The number of hydrogen-bond donors (Lipinski definition) is 2. The van der Waals surface area contributed by atoms with Gasteiger partial charge in [-0.05, 0) is 39.2 Å². The molecule has 1 heterocycles. The summed E-state index contributed by atoms with van der Waals surface area (Å²) in [6, 6.07) is 0.613. The smallest absolute Gasteiger partial charge is 0.221 e. The summed E-state index contributed by atoms with van der Waals surface area (Å²) in [7, 11) is 0. The molecule has 0 aromatic carbocycles. The van der Waals surface area contributed by atoms with E-state index in [1.165, 1.54) is 19.4 Å². The predicted molar refractivity (Wildman–Crippen MR) is 66.1 cm³/mol. The first-order chi connectivity index (χ1) is 7.63. The number of carbonyl (C=O) groups excluding carboxylic acids is 1. The van der Waals surface area contributed by atoms with E-state index < -0.39 is 0 Å². The van der Waals surface area contributed by atoms with Crippen LogP contribution in [0.15, 0.2) is 0 Å². The van der Waals surface area contributed by atoms with Gasteiger partial charge in [0.05, 0.1) is 0 Å². The zero-order valence-corrected chi connectivity index (χ0v) is 10.5. The molecule has 0 aromatic heterocycles. The van der Waals surface area contributed by atoms with Crippen molar-refractivity contribution in [1.29, 1.82) is 0 Å². The molecule has 4 nitrogen and oxygen atoms in total. The number of amides is 1. The van der Waals surface area contributed by atoms with E-state index in [0.29, 0.717) is 24.9 Å². The molecule has 94 valence electrons. The summed E-state index contributed by atoms with van der Waals surface area (Å²) in [5.74, 6) is 0.696. The highest BCUT2D eigenvalue weighted by Gasteiger charge is 2.21. The average molecular weight is 227 g/mol. The largest absolute Gasteiger partial charge is 0.356 e.